The number of thioether (sulfide) groups is 1. The summed E-state index contributed by atoms with van der Waals surface area (Å²) in [4.78, 5) is 33.5. The number of fused-ring (bicyclic) bond motifs is 1. The van der Waals surface area contributed by atoms with Crippen LogP contribution in [0.3, 0.4) is 0 Å². The molecule has 0 spiro atoms. The van der Waals surface area contributed by atoms with E-state index in [1.54, 1.807) is 16.7 Å². The summed E-state index contributed by atoms with van der Waals surface area (Å²) in [6, 6.07) is 5.41. The quantitative estimate of drug-likeness (QED) is 0.485. The number of nitrogens with one attached hydrogen (secondary N) is 1. The molecule has 0 saturated heterocycles. The van der Waals surface area contributed by atoms with Gasteiger partial charge < -0.3 is 5.32 Å². The van der Waals surface area contributed by atoms with Crippen LogP contribution in [0.4, 0.5) is 5.13 Å². The van der Waals surface area contributed by atoms with Crippen molar-refractivity contribution in [3.05, 3.63) is 44.1 Å². The lowest BCUT2D eigenvalue weighted by molar-refractivity contribution is -0.113. The first-order chi connectivity index (χ1) is 12.0. The lowest BCUT2D eigenvalue weighted by atomic mass is 10.2. The van der Waals surface area contributed by atoms with E-state index in [-0.39, 0.29) is 17.2 Å². The van der Waals surface area contributed by atoms with Gasteiger partial charge in [0.2, 0.25) is 5.91 Å². The highest BCUT2D eigenvalue weighted by Gasteiger charge is 2.13. The van der Waals surface area contributed by atoms with Crippen molar-refractivity contribution in [3.63, 3.8) is 0 Å². The predicted octanol–water partition coefficient (Wildman–Crippen LogP) is 3.67. The number of halogens is 1. The van der Waals surface area contributed by atoms with Crippen LogP contribution in [-0.4, -0.2) is 26.2 Å². The van der Waals surface area contributed by atoms with E-state index in [0.717, 1.165) is 10.2 Å². The molecule has 1 aromatic carbocycles. The first-order valence-corrected chi connectivity index (χ1v) is 10.2. The Bertz CT molecular complexity index is 999. The van der Waals surface area contributed by atoms with E-state index in [1.165, 1.54) is 23.1 Å². The standard InChI is InChI=1S/C16H15BrN4O2S2/c1-3-21-14(23)11-6-10(17)4-5-12(11)19-16(21)25-8-13(22)20-15-18-9(2)7-24-15/h4-7H,3,8H2,1-2H3,(H,18,20,22). The number of carbonyl (C=O) groups excluding carboxylic acids is 1. The lowest BCUT2D eigenvalue weighted by Gasteiger charge is -2.11. The van der Waals surface area contributed by atoms with Gasteiger partial charge in [-0.1, -0.05) is 27.7 Å². The van der Waals surface area contributed by atoms with Crippen LogP contribution in [0.1, 0.15) is 12.6 Å². The molecule has 0 aliphatic heterocycles. The summed E-state index contributed by atoms with van der Waals surface area (Å²) in [5.74, 6) is -0.0141. The van der Waals surface area contributed by atoms with Crippen LogP contribution in [-0.2, 0) is 11.3 Å². The zero-order chi connectivity index (χ0) is 18.0. The van der Waals surface area contributed by atoms with Gasteiger partial charge in [0.1, 0.15) is 0 Å². The fourth-order valence-electron chi connectivity index (χ4n) is 2.26. The number of aromatic nitrogens is 3. The lowest BCUT2D eigenvalue weighted by Crippen LogP contribution is -2.23. The number of hydrogen-bond donors (Lipinski definition) is 1. The van der Waals surface area contributed by atoms with Gasteiger partial charge in [0.25, 0.3) is 5.56 Å². The molecule has 0 aliphatic rings. The molecule has 6 nitrogen and oxygen atoms in total. The van der Waals surface area contributed by atoms with Crippen LogP contribution in [0.5, 0.6) is 0 Å². The minimum absolute atomic E-state index is 0.104. The second-order valence-corrected chi connectivity index (χ2v) is 7.95. The van der Waals surface area contributed by atoms with E-state index >= 15 is 0 Å². The van der Waals surface area contributed by atoms with Crippen LogP contribution >= 0.6 is 39.0 Å². The van der Waals surface area contributed by atoms with Crippen molar-refractivity contribution in [3.8, 4) is 0 Å². The van der Waals surface area contributed by atoms with E-state index in [9.17, 15) is 9.59 Å². The first kappa shape index (κ1) is 18.1. The molecule has 9 heteroatoms. The minimum Gasteiger partial charge on any atom is -0.301 e. The number of hydrogen-bond acceptors (Lipinski definition) is 6. The van der Waals surface area contributed by atoms with Crippen LogP contribution in [0.2, 0.25) is 0 Å². The zero-order valence-corrected chi connectivity index (χ0v) is 16.8. The maximum Gasteiger partial charge on any atom is 0.262 e. The predicted molar refractivity (Wildman–Crippen MR) is 106 cm³/mol. The van der Waals surface area contributed by atoms with Gasteiger partial charge in [0.05, 0.1) is 22.3 Å². The molecule has 3 aromatic rings. The van der Waals surface area contributed by atoms with Crippen molar-refractivity contribution < 1.29 is 4.79 Å². The monoisotopic (exact) mass is 438 g/mol. The third-order valence-corrected chi connectivity index (χ3v) is 5.74. The molecule has 130 valence electrons. The Morgan fingerprint density at radius 2 is 2.20 bits per heavy atom. The summed E-state index contributed by atoms with van der Waals surface area (Å²) in [5.41, 5.74) is 1.39. The molecule has 3 rings (SSSR count). The summed E-state index contributed by atoms with van der Waals surface area (Å²) < 4.78 is 2.42. The fraction of sp³-hybridized carbons (Fsp3) is 0.250. The number of rotatable bonds is 5. The molecule has 2 aromatic heterocycles. The van der Waals surface area contributed by atoms with Gasteiger partial charge >= 0.3 is 0 Å². The second kappa shape index (κ2) is 7.67. The molecule has 1 N–H and O–H groups in total. The van der Waals surface area contributed by atoms with Gasteiger partial charge in [-0.15, -0.1) is 11.3 Å². The summed E-state index contributed by atoms with van der Waals surface area (Å²) in [6.45, 7) is 4.25. The van der Waals surface area contributed by atoms with Gasteiger partial charge in [-0.2, -0.15) is 0 Å². The molecule has 2 heterocycles. The average molecular weight is 439 g/mol. The molecule has 1 amide bonds. The Kier molecular flexibility index (Phi) is 5.55. The molecule has 0 fully saturated rings. The highest BCUT2D eigenvalue weighted by atomic mass is 79.9. The van der Waals surface area contributed by atoms with E-state index < -0.39 is 0 Å². The van der Waals surface area contributed by atoms with E-state index in [0.29, 0.717) is 27.7 Å². The van der Waals surface area contributed by atoms with Gasteiger partial charge in [-0.3, -0.25) is 14.2 Å². The normalized spacial score (nSPS) is 11.0. The summed E-state index contributed by atoms with van der Waals surface area (Å²) >= 11 is 6.00. The number of carbonyl (C=O) groups is 1. The van der Waals surface area contributed by atoms with Gasteiger partial charge in [0, 0.05) is 16.4 Å². The Morgan fingerprint density at radius 1 is 1.40 bits per heavy atom. The third kappa shape index (κ3) is 4.10. The SMILES string of the molecule is CCn1c(SCC(=O)Nc2nc(C)cs2)nc2ccc(Br)cc2c1=O. The Hall–Kier alpha value is -1.71. The first-order valence-electron chi connectivity index (χ1n) is 7.53. The summed E-state index contributed by atoms with van der Waals surface area (Å²) in [6.07, 6.45) is 0. The summed E-state index contributed by atoms with van der Waals surface area (Å²) in [5, 5.41) is 6.30. The number of nitrogens with zero attached hydrogens (tertiary/aromatic N) is 3. The number of amides is 1. The molecular formula is C16H15BrN4O2S2. The van der Waals surface area contributed by atoms with E-state index in [4.69, 9.17) is 0 Å². The molecule has 0 saturated carbocycles. The number of thiazole rings is 1. The molecule has 0 unspecified atom stereocenters. The minimum atomic E-state index is -0.174. The van der Waals surface area contributed by atoms with Crippen molar-refractivity contribution >= 4 is 61.0 Å². The second-order valence-electron chi connectivity index (χ2n) is 5.24. The Balaban J connectivity index is 1.82. The molecule has 0 aliphatic carbocycles. The summed E-state index contributed by atoms with van der Waals surface area (Å²) in [7, 11) is 0. The van der Waals surface area contributed by atoms with E-state index in [2.05, 4.69) is 31.2 Å². The molecule has 0 bridgehead atoms. The molecule has 25 heavy (non-hydrogen) atoms. The van der Waals surface area contributed by atoms with Crippen LogP contribution in [0.25, 0.3) is 10.9 Å². The Labute approximate surface area is 160 Å². The van der Waals surface area contributed by atoms with Gasteiger partial charge in [-0.25, -0.2) is 9.97 Å². The number of aryl methyl sites for hydroxylation is 1. The highest BCUT2D eigenvalue weighted by molar-refractivity contribution is 9.10. The molecule has 0 radical (unpaired) electrons. The van der Waals surface area contributed by atoms with Crippen molar-refractivity contribution in [1.29, 1.82) is 0 Å². The third-order valence-electron chi connectivity index (χ3n) is 3.40. The highest BCUT2D eigenvalue weighted by Crippen LogP contribution is 2.21. The smallest absolute Gasteiger partial charge is 0.262 e. The number of anilines is 1. The maximum absolute atomic E-state index is 12.7. The Morgan fingerprint density at radius 3 is 2.88 bits per heavy atom. The van der Waals surface area contributed by atoms with Crippen molar-refractivity contribution in [2.45, 2.75) is 25.5 Å². The van der Waals surface area contributed by atoms with E-state index in [1.807, 2.05) is 25.3 Å². The number of benzene rings is 1. The molecular weight excluding hydrogens is 424 g/mol. The van der Waals surface area contributed by atoms with Crippen LogP contribution < -0.4 is 10.9 Å². The topological polar surface area (TPSA) is 76.9 Å². The van der Waals surface area contributed by atoms with Gasteiger partial charge in [0.15, 0.2) is 10.3 Å². The maximum atomic E-state index is 12.7. The zero-order valence-electron chi connectivity index (χ0n) is 13.6. The fourth-order valence-corrected chi connectivity index (χ4v) is 4.19. The largest absolute Gasteiger partial charge is 0.301 e. The van der Waals surface area contributed by atoms with Crippen molar-refractivity contribution in [2.75, 3.05) is 11.1 Å². The van der Waals surface area contributed by atoms with Crippen molar-refractivity contribution in [2.24, 2.45) is 0 Å². The average Bonchev–Trinajstić information content (AvgIpc) is 2.98. The van der Waals surface area contributed by atoms with Crippen LogP contribution in [0, 0.1) is 6.92 Å². The van der Waals surface area contributed by atoms with Crippen LogP contribution in [0.15, 0.2) is 38.0 Å². The van der Waals surface area contributed by atoms with Gasteiger partial charge in [-0.05, 0) is 32.0 Å². The molecule has 0 atom stereocenters. The van der Waals surface area contributed by atoms with Crippen molar-refractivity contribution in [1.82, 2.24) is 14.5 Å².